The Morgan fingerprint density at radius 2 is 1.69 bits per heavy atom. The van der Waals surface area contributed by atoms with Gasteiger partial charge in [-0.3, -0.25) is 0 Å². The Morgan fingerprint density at radius 3 is 2.31 bits per heavy atom. The van der Waals surface area contributed by atoms with Gasteiger partial charge in [-0.2, -0.15) is 0 Å². The van der Waals surface area contributed by atoms with E-state index in [1.54, 1.807) is 0 Å². The molecular weight excluding hydrogens is 198 g/mol. The van der Waals surface area contributed by atoms with Crippen LogP contribution in [0.15, 0.2) is 0 Å². The van der Waals surface area contributed by atoms with Crippen LogP contribution in [0.2, 0.25) is 0 Å². The van der Waals surface area contributed by atoms with Crippen LogP contribution >= 0.6 is 0 Å². The quantitative estimate of drug-likeness (QED) is 0.750. The summed E-state index contributed by atoms with van der Waals surface area (Å²) in [5.74, 6) is 1.73. The van der Waals surface area contributed by atoms with Gasteiger partial charge in [0.15, 0.2) is 0 Å². The van der Waals surface area contributed by atoms with E-state index in [0.717, 1.165) is 25.0 Å². The third kappa shape index (κ3) is 3.46. The maximum atomic E-state index is 5.92. The molecule has 2 heteroatoms. The number of ether oxygens (including phenoxy) is 1. The van der Waals surface area contributed by atoms with Gasteiger partial charge >= 0.3 is 0 Å². The monoisotopic (exact) mass is 225 g/mol. The zero-order chi connectivity index (χ0) is 11.2. The number of likely N-dealkylation sites (N-methyl/N-ethyl adjacent to an activating group) is 1. The van der Waals surface area contributed by atoms with E-state index in [4.69, 9.17) is 4.74 Å². The van der Waals surface area contributed by atoms with Gasteiger partial charge in [-0.05, 0) is 44.6 Å². The summed E-state index contributed by atoms with van der Waals surface area (Å²) < 4.78 is 5.92. The fourth-order valence-corrected chi connectivity index (χ4v) is 3.35. The normalized spacial score (nSPS) is 25.3. The molecule has 2 aliphatic carbocycles. The van der Waals surface area contributed by atoms with Crippen LogP contribution in [0.5, 0.6) is 0 Å². The molecule has 0 bridgehead atoms. The summed E-state index contributed by atoms with van der Waals surface area (Å²) in [4.78, 5) is 0. The van der Waals surface area contributed by atoms with Gasteiger partial charge in [-0.25, -0.2) is 0 Å². The number of rotatable bonds is 6. The largest absolute Gasteiger partial charge is 0.380 e. The maximum absolute atomic E-state index is 5.92. The first-order chi connectivity index (χ1) is 7.90. The van der Waals surface area contributed by atoms with Crippen molar-refractivity contribution in [1.82, 2.24) is 5.32 Å². The summed E-state index contributed by atoms with van der Waals surface area (Å²) in [5.41, 5.74) is 0. The fourth-order valence-electron chi connectivity index (χ4n) is 3.35. The van der Waals surface area contributed by atoms with Crippen LogP contribution in [-0.4, -0.2) is 26.3 Å². The molecule has 2 saturated carbocycles. The lowest BCUT2D eigenvalue weighted by Gasteiger charge is -2.23. The van der Waals surface area contributed by atoms with E-state index < -0.39 is 0 Å². The van der Waals surface area contributed by atoms with E-state index in [1.165, 1.54) is 51.4 Å². The van der Waals surface area contributed by atoms with Crippen molar-refractivity contribution in [3.8, 4) is 0 Å². The summed E-state index contributed by atoms with van der Waals surface area (Å²) in [7, 11) is 2.09. The van der Waals surface area contributed by atoms with Crippen molar-refractivity contribution >= 4 is 0 Å². The van der Waals surface area contributed by atoms with Crippen LogP contribution in [0.25, 0.3) is 0 Å². The van der Waals surface area contributed by atoms with E-state index in [2.05, 4.69) is 12.4 Å². The molecule has 16 heavy (non-hydrogen) atoms. The van der Waals surface area contributed by atoms with Crippen LogP contribution in [-0.2, 0) is 4.74 Å². The molecule has 0 radical (unpaired) electrons. The van der Waals surface area contributed by atoms with Crippen LogP contribution < -0.4 is 5.32 Å². The zero-order valence-corrected chi connectivity index (χ0v) is 10.7. The highest BCUT2D eigenvalue weighted by Gasteiger charge is 2.24. The third-order valence-corrected chi connectivity index (χ3v) is 4.47. The van der Waals surface area contributed by atoms with Crippen molar-refractivity contribution in [2.24, 2.45) is 11.8 Å². The number of hydrogen-bond donors (Lipinski definition) is 1. The Balaban J connectivity index is 1.62. The Labute approximate surface area is 100 Å². The topological polar surface area (TPSA) is 21.3 Å². The molecule has 2 aliphatic rings. The predicted molar refractivity (Wildman–Crippen MR) is 67.6 cm³/mol. The summed E-state index contributed by atoms with van der Waals surface area (Å²) in [6, 6.07) is 0.601. The van der Waals surface area contributed by atoms with Crippen LogP contribution in [0.4, 0.5) is 0 Å². The Hall–Kier alpha value is -0.0800. The highest BCUT2D eigenvalue weighted by Crippen LogP contribution is 2.28. The molecule has 1 atom stereocenters. The Kier molecular flexibility index (Phi) is 5.11. The SMILES string of the molecule is CNC(COCC1CCCC1)C1CCCC1. The third-order valence-electron chi connectivity index (χ3n) is 4.47. The van der Waals surface area contributed by atoms with Crippen molar-refractivity contribution in [3.05, 3.63) is 0 Å². The van der Waals surface area contributed by atoms with Crippen molar-refractivity contribution in [2.45, 2.75) is 57.4 Å². The average molecular weight is 225 g/mol. The molecule has 0 aliphatic heterocycles. The molecule has 0 heterocycles. The first-order valence-corrected chi connectivity index (χ1v) is 7.15. The van der Waals surface area contributed by atoms with E-state index >= 15 is 0 Å². The molecule has 0 aromatic rings. The van der Waals surface area contributed by atoms with Gasteiger partial charge in [-0.1, -0.05) is 25.7 Å². The van der Waals surface area contributed by atoms with Gasteiger partial charge in [-0.15, -0.1) is 0 Å². The molecule has 2 nitrogen and oxygen atoms in total. The smallest absolute Gasteiger partial charge is 0.0622 e. The van der Waals surface area contributed by atoms with Gasteiger partial charge in [0.2, 0.25) is 0 Å². The van der Waals surface area contributed by atoms with Crippen molar-refractivity contribution < 1.29 is 4.74 Å². The summed E-state index contributed by atoms with van der Waals surface area (Å²) in [6.45, 7) is 1.93. The fraction of sp³-hybridized carbons (Fsp3) is 1.00. The van der Waals surface area contributed by atoms with Crippen molar-refractivity contribution in [1.29, 1.82) is 0 Å². The van der Waals surface area contributed by atoms with Gasteiger partial charge < -0.3 is 10.1 Å². The summed E-state index contributed by atoms with van der Waals surface area (Å²) in [6.07, 6.45) is 11.3. The zero-order valence-electron chi connectivity index (χ0n) is 10.7. The van der Waals surface area contributed by atoms with Crippen LogP contribution in [0, 0.1) is 11.8 Å². The van der Waals surface area contributed by atoms with Crippen LogP contribution in [0.3, 0.4) is 0 Å². The molecule has 0 spiro atoms. The lowest BCUT2D eigenvalue weighted by atomic mass is 9.99. The van der Waals surface area contributed by atoms with Crippen LogP contribution in [0.1, 0.15) is 51.4 Å². The predicted octanol–water partition coefficient (Wildman–Crippen LogP) is 2.97. The summed E-state index contributed by atoms with van der Waals surface area (Å²) >= 11 is 0. The average Bonchev–Trinajstić information content (AvgIpc) is 2.96. The highest BCUT2D eigenvalue weighted by molar-refractivity contribution is 4.79. The molecule has 94 valence electrons. The standard InChI is InChI=1S/C14H27NO/c1-15-14(13-8-4-5-9-13)11-16-10-12-6-2-3-7-12/h12-15H,2-11H2,1H3. The lowest BCUT2D eigenvalue weighted by molar-refractivity contribution is 0.0711. The summed E-state index contributed by atoms with van der Waals surface area (Å²) in [5, 5.41) is 3.44. The molecule has 1 N–H and O–H groups in total. The lowest BCUT2D eigenvalue weighted by Crippen LogP contribution is -2.37. The Bertz CT molecular complexity index is 183. The minimum atomic E-state index is 0.601. The van der Waals surface area contributed by atoms with Gasteiger partial charge in [0.1, 0.15) is 0 Å². The van der Waals surface area contributed by atoms with E-state index in [1.807, 2.05) is 0 Å². The second-order valence-electron chi connectivity index (χ2n) is 5.63. The minimum absolute atomic E-state index is 0.601. The molecule has 2 rings (SSSR count). The van der Waals surface area contributed by atoms with Crippen molar-refractivity contribution in [3.63, 3.8) is 0 Å². The first-order valence-electron chi connectivity index (χ1n) is 7.15. The molecule has 0 saturated heterocycles. The molecule has 0 amide bonds. The van der Waals surface area contributed by atoms with Gasteiger partial charge in [0.05, 0.1) is 6.61 Å². The van der Waals surface area contributed by atoms with Gasteiger partial charge in [0.25, 0.3) is 0 Å². The molecular formula is C14H27NO. The minimum Gasteiger partial charge on any atom is -0.380 e. The highest BCUT2D eigenvalue weighted by atomic mass is 16.5. The second kappa shape index (κ2) is 6.61. The number of hydrogen-bond acceptors (Lipinski definition) is 2. The first kappa shape index (κ1) is 12.4. The van der Waals surface area contributed by atoms with Crippen molar-refractivity contribution in [2.75, 3.05) is 20.3 Å². The van der Waals surface area contributed by atoms with E-state index in [9.17, 15) is 0 Å². The van der Waals surface area contributed by atoms with E-state index in [-0.39, 0.29) is 0 Å². The maximum Gasteiger partial charge on any atom is 0.0622 e. The van der Waals surface area contributed by atoms with Gasteiger partial charge in [0, 0.05) is 12.6 Å². The molecule has 2 fully saturated rings. The number of nitrogens with one attached hydrogen (secondary N) is 1. The second-order valence-corrected chi connectivity index (χ2v) is 5.63. The molecule has 1 unspecified atom stereocenters. The van der Waals surface area contributed by atoms with E-state index in [0.29, 0.717) is 6.04 Å². The Morgan fingerprint density at radius 1 is 1.06 bits per heavy atom. The molecule has 0 aromatic carbocycles. The molecule has 0 aromatic heterocycles.